The Morgan fingerprint density at radius 3 is 2.64 bits per heavy atom. The average molecular weight is 434 g/mol. The zero-order valence-electron chi connectivity index (χ0n) is 15.5. The first kappa shape index (κ1) is 18.4. The molecule has 0 atom stereocenters. The molecule has 28 heavy (non-hydrogen) atoms. The largest absolute Gasteiger partial charge is 0.345 e. The highest BCUT2D eigenvalue weighted by molar-refractivity contribution is 9.10. The van der Waals surface area contributed by atoms with E-state index in [1.165, 1.54) is 5.56 Å². The van der Waals surface area contributed by atoms with E-state index >= 15 is 0 Å². The fraction of sp³-hybridized carbons (Fsp3) is 0.130. The Kier molecular flexibility index (Phi) is 5.26. The number of halogens is 1. The Morgan fingerprint density at radius 2 is 1.82 bits per heavy atom. The standard InChI is InChI=1S/C23H20BrN3O/c1-16-7-2-3-10-19(16)23(28)25-14-22-26-20-11-4-5-12-21(20)27(22)15-17-8-6-9-18(24)13-17/h2-13H,14-15H2,1H3,(H,25,28). The SMILES string of the molecule is Cc1ccccc1C(=O)NCc1nc2ccccc2n1Cc1cccc(Br)c1. The average Bonchev–Trinajstić information content (AvgIpc) is 3.04. The van der Waals surface area contributed by atoms with E-state index in [1.807, 2.05) is 61.5 Å². The number of nitrogens with zero attached hydrogens (tertiary/aromatic N) is 2. The molecule has 0 aliphatic rings. The predicted molar refractivity (Wildman–Crippen MR) is 115 cm³/mol. The Labute approximate surface area is 172 Å². The lowest BCUT2D eigenvalue weighted by atomic mass is 10.1. The topological polar surface area (TPSA) is 46.9 Å². The van der Waals surface area contributed by atoms with Crippen LogP contribution in [0, 0.1) is 6.92 Å². The van der Waals surface area contributed by atoms with Gasteiger partial charge in [-0.2, -0.15) is 0 Å². The summed E-state index contributed by atoms with van der Waals surface area (Å²) in [6.07, 6.45) is 0. The first-order valence-corrected chi connectivity index (χ1v) is 9.93. The molecule has 0 spiro atoms. The van der Waals surface area contributed by atoms with Gasteiger partial charge in [0.25, 0.3) is 5.91 Å². The Hall–Kier alpha value is -2.92. The van der Waals surface area contributed by atoms with Crippen LogP contribution in [-0.2, 0) is 13.1 Å². The summed E-state index contributed by atoms with van der Waals surface area (Å²) in [6.45, 7) is 3.00. The van der Waals surface area contributed by atoms with E-state index in [2.05, 4.69) is 44.0 Å². The van der Waals surface area contributed by atoms with Gasteiger partial charge in [0.05, 0.1) is 17.6 Å². The summed E-state index contributed by atoms with van der Waals surface area (Å²) in [7, 11) is 0. The molecule has 5 heteroatoms. The van der Waals surface area contributed by atoms with Crippen LogP contribution >= 0.6 is 15.9 Å². The van der Waals surface area contributed by atoms with Crippen LogP contribution in [0.15, 0.2) is 77.3 Å². The third-order valence-electron chi connectivity index (χ3n) is 4.76. The second kappa shape index (κ2) is 7.98. The molecule has 0 radical (unpaired) electrons. The minimum Gasteiger partial charge on any atom is -0.345 e. The lowest BCUT2D eigenvalue weighted by Crippen LogP contribution is -2.25. The van der Waals surface area contributed by atoms with Crippen molar-refractivity contribution in [2.45, 2.75) is 20.0 Å². The first-order valence-electron chi connectivity index (χ1n) is 9.14. The van der Waals surface area contributed by atoms with Crippen molar-refractivity contribution < 1.29 is 4.79 Å². The molecule has 0 fully saturated rings. The number of nitrogens with one attached hydrogen (secondary N) is 1. The summed E-state index contributed by atoms with van der Waals surface area (Å²) in [5.41, 5.74) is 4.81. The highest BCUT2D eigenvalue weighted by atomic mass is 79.9. The van der Waals surface area contributed by atoms with Gasteiger partial charge in [-0.15, -0.1) is 0 Å². The molecule has 140 valence electrons. The van der Waals surface area contributed by atoms with Crippen molar-refractivity contribution in [3.05, 3.63) is 99.8 Å². The highest BCUT2D eigenvalue weighted by Gasteiger charge is 2.14. The lowest BCUT2D eigenvalue weighted by molar-refractivity contribution is 0.0949. The number of aromatic nitrogens is 2. The van der Waals surface area contributed by atoms with Crippen LogP contribution in [0.3, 0.4) is 0 Å². The van der Waals surface area contributed by atoms with Crippen molar-refractivity contribution in [3.8, 4) is 0 Å². The van der Waals surface area contributed by atoms with Gasteiger partial charge < -0.3 is 9.88 Å². The fourth-order valence-electron chi connectivity index (χ4n) is 3.34. The normalized spacial score (nSPS) is 10.9. The maximum atomic E-state index is 12.6. The maximum Gasteiger partial charge on any atom is 0.251 e. The lowest BCUT2D eigenvalue weighted by Gasteiger charge is -2.11. The molecule has 4 aromatic rings. The summed E-state index contributed by atoms with van der Waals surface area (Å²) in [6, 6.07) is 23.9. The van der Waals surface area contributed by atoms with Gasteiger partial charge in [-0.1, -0.05) is 58.4 Å². The number of hydrogen-bond donors (Lipinski definition) is 1. The Morgan fingerprint density at radius 1 is 1.04 bits per heavy atom. The number of hydrogen-bond acceptors (Lipinski definition) is 2. The van der Waals surface area contributed by atoms with Crippen LogP contribution in [0.4, 0.5) is 0 Å². The molecule has 0 saturated carbocycles. The molecule has 1 amide bonds. The van der Waals surface area contributed by atoms with Gasteiger partial charge in [-0.25, -0.2) is 4.98 Å². The zero-order valence-corrected chi connectivity index (χ0v) is 17.1. The molecular formula is C23H20BrN3O. The van der Waals surface area contributed by atoms with Crippen molar-refractivity contribution >= 4 is 32.9 Å². The summed E-state index contributed by atoms with van der Waals surface area (Å²) < 4.78 is 3.21. The van der Waals surface area contributed by atoms with E-state index in [9.17, 15) is 4.79 Å². The Bertz CT molecular complexity index is 1150. The minimum atomic E-state index is -0.0841. The molecule has 0 aliphatic heterocycles. The number of fused-ring (bicyclic) bond motifs is 1. The first-order chi connectivity index (χ1) is 13.6. The molecule has 1 heterocycles. The monoisotopic (exact) mass is 433 g/mol. The number of benzene rings is 3. The number of carbonyl (C=O) groups is 1. The van der Waals surface area contributed by atoms with Crippen molar-refractivity contribution in [3.63, 3.8) is 0 Å². The minimum absolute atomic E-state index is 0.0841. The fourth-order valence-corrected chi connectivity index (χ4v) is 3.78. The zero-order chi connectivity index (χ0) is 19.5. The van der Waals surface area contributed by atoms with Crippen LogP contribution in [0.25, 0.3) is 11.0 Å². The molecule has 3 aromatic carbocycles. The molecule has 0 unspecified atom stereocenters. The summed E-state index contributed by atoms with van der Waals surface area (Å²) >= 11 is 3.54. The van der Waals surface area contributed by atoms with E-state index in [4.69, 9.17) is 4.98 Å². The molecule has 4 nitrogen and oxygen atoms in total. The number of imidazole rings is 1. The van der Waals surface area contributed by atoms with Gasteiger partial charge >= 0.3 is 0 Å². The summed E-state index contributed by atoms with van der Waals surface area (Å²) in [5.74, 6) is 0.752. The number of carbonyl (C=O) groups excluding carboxylic acids is 1. The van der Waals surface area contributed by atoms with Crippen molar-refractivity contribution in [2.24, 2.45) is 0 Å². The molecular weight excluding hydrogens is 414 g/mol. The molecule has 1 aromatic heterocycles. The van der Waals surface area contributed by atoms with Crippen LogP contribution in [-0.4, -0.2) is 15.5 Å². The van der Waals surface area contributed by atoms with Gasteiger partial charge in [0.2, 0.25) is 0 Å². The predicted octanol–water partition coefficient (Wildman–Crippen LogP) is 5.09. The van der Waals surface area contributed by atoms with Gasteiger partial charge in [0.1, 0.15) is 5.82 Å². The highest BCUT2D eigenvalue weighted by Crippen LogP contribution is 2.20. The summed E-state index contributed by atoms with van der Waals surface area (Å²) in [5, 5.41) is 3.02. The summed E-state index contributed by atoms with van der Waals surface area (Å²) in [4.78, 5) is 17.4. The van der Waals surface area contributed by atoms with Gasteiger partial charge in [-0.3, -0.25) is 4.79 Å². The van der Waals surface area contributed by atoms with E-state index in [0.29, 0.717) is 18.7 Å². The second-order valence-electron chi connectivity index (χ2n) is 6.73. The molecule has 1 N–H and O–H groups in total. The van der Waals surface area contributed by atoms with Gasteiger partial charge in [-0.05, 0) is 48.4 Å². The van der Waals surface area contributed by atoms with Crippen LogP contribution in [0.1, 0.15) is 27.3 Å². The third kappa shape index (κ3) is 3.85. The maximum absolute atomic E-state index is 12.6. The van der Waals surface area contributed by atoms with Crippen molar-refractivity contribution in [2.75, 3.05) is 0 Å². The van der Waals surface area contributed by atoms with E-state index < -0.39 is 0 Å². The molecule has 0 aliphatic carbocycles. The van der Waals surface area contributed by atoms with E-state index in [1.54, 1.807) is 0 Å². The van der Waals surface area contributed by atoms with Crippen LogP contribution < -0.4 is 5.32 Å². The Balaban J connectivity index is 1.63. The van der Waals surface area contributed by atoms with Crippen molar-refractivity contribution in [1.29, 1.82) is 0 Å². The number of amides is 1. The number of rotatable bonds is 5. The van der Waals surface area contributed by atoms with Crippen molar-refractivity contribution in [1.82, 2.24) is 14.9 Å². The number of para-hydroxylation sites is 2. The van der Waals surface area contributed by atoms with Gasteiger partial charge in [0.15, 0.2) is 0 Å². The van der Waals surface area contributed by atoms with Gasteiger partial charge in [0, 0.05) is 16.6 Å². The molecule has 0 saturated heterocycles. The number of aryl methyl sites for hydroxylation is 1. The van der Waals surface area contributed by atoms with Crippen LogP contribution in [0.2, 0.25) is 0 Å². The molecule has 4 rings (SSSR count). The second-order valence-corrected chi connectivity index (χ2v) is 7.65. The third-order valence-corrected chi connectivity index (χ3v) is 5.25. The van der Waals surface area contributed by atoms with Crippen LogP contribution in [0.5, 0.6) is 0 Å². The van der Waals surface area contributed by atoms with E-state index in [-0.39, 0.29) is 5.91 Å². The quantitative estimate of drug-likeness (QED) is 0.476. The smallest absolute Gasteiger partial charge is 0.251 e. The molecule has 0 bridgehead atoms. The van der Waals surface area contributed by atoms with E-state index in [0.717, 1.165) is 26.9 Å².